The smallest absolute Gasteiger partial charge is 0.414 e. The van der Waals surface area contributed by atoms with E-state index in [1.54, 1.807) is 19.1 Å². The summed E-state index contributed by atoms with van der Waals surface area (Å²) in [5, 5.41) is 19.2. The van der Waals surface area contributed by atoms with Crippen LogP contribution in [0.3, 0.4) is 0 Å². The number of benzene rings is 2. The third-order valence-electron chi connectivity index (χ3n) is 3.92. The van der Waals surface area contributed by atoms with Crippen LogP contribution in [0.25, 0.3) is 0 Å². The van der Waals surface area contributed by atoms with Gasteiger partial charge < -0.3 is 19.7 Å². The molecule has 2 aromatic carbocycles. The second kappa shape index (κ2) is 9.71. The Kier molecular flexibility index (Phi) is 7.59. The lowest BCUT2D eigenvalue weighted by molar-refractivity contribution is -0.135. The van der Waals surface area contributed by atoms with Gasteiger partial charge in [-0.3, -0.25) is 9.69 Å². The topological polar surface area (TPSA) is 96.3 Å². The largest absolute Gasteiger partial charge is 0.508 e. The van der Waals surface area contributed by atoms with Gasteiger partial charge in [-0.1, -0.05) is 37.0 Å². The summed E-state index contributed by atoms with van der Waals surface area (Å²) < 4.78 is 10.7. The zero-order valence-corrected chi connectivity index (χ0v) is 17.6. The van der Waals surface area contributed by atoms with Gasteiger partial charge in [0.1, 0.15) is 18.0 Å². The third kappa shape index (κ3) is 5.68. The highest BCUT2D eigenvalue weighted by atomic mass is 35.5. The van der Waals surface area contributed by atoms with E-state index >= 15 is 0 Å². The van der Waals surface area contributed by atoms with Crippen LogP contribution in [0.1, 0.15) is 32.3 Å². The van der Waals surface area contributed by atoms with E-state index in [-0.39, 0.29) is 39.8 Å². The van der Waals surface area contributed by atoms with Crippen LogP contribution < -0.4 is 9.64 Å². The molecule has 0 bridgehead atoms. The number of nitrogens with zero attached hydrogens (tertiary/aromatic N) is 1. The number of carboxylic acid groups (broad SMARTS) is 1. The van der Waals surface area contributed by atoms with Gasteiger partial charge in [-0.25, -0.2) is 4.79 Å². The average Bonchev–Trinajstić information content (AvgIpc) is 2.63. The maximum absolute atomic E-state index is 12.1. The van der Waals surface area contributed by atoms with Crippen molar-refractivity contribution < 1.29 is 29.3 Å². The van der Waals surface area contributed by atoms with Crippen molar-refractivity contribution in [3.8, 4) is 17.2 Å². The number of hydrogen-bond acceptors (Lipinski definition) is 5. The number of carbonyl (C=O) groups excluding carboxylic acids is 1. The van der Waals surface area contributed by atoms with E-state index in [0.717, 1.165) is 4.90 Å². The molecule has 9 heteroatoms. The molecule has 1 amide bonds. The summed E-state index contributed by atoms with van der Waals surface area (Å²) in [6, 6.07) is 7.49. The summed E-state index contributed by atoms with van der Waals surface area (Å²) in [5.41, 5.74) is 0.850. The Bertz CT molecular complexity index is 893. The summed E-state index contributed by atoms with van der Waals surface area (Å²) in [6.07, 6.45) is -0.837. The van der Waals surface area contributed by atoms with Crippen LogP contribution in [-0.4, -0.2) is 35.4 Å². The quantitative estimate of drug-likeness (QED) is 0.574. The summed E-state index contributed by atoms with van der Waals surface area (Å²) in [7, 11) is 0. The van der Waals surface area contributed by atoms with E-state index in [1.807, 2.05) is 13.8 Å². The number of carbonyl (C=O) groups is 2. The van der Waals surface area contributed by atoms with Gasteiger partial charge in [0.25, 0.3) is 0 Å². The maximum Gasteiger partial charge on any atom is 0.414 e. The summed E-state index contributed by atoms with van der Waals surface area (Å²) >= 11 is 12.6. The second-order valence-electron chi connectivity index (χ2n) is 6.39. The molecule has 2 aromatic rings. The van der Waals surface area contributed by atoms with Gasteiger partial charge >= 0.3 is 12.1 Å². The molecule has 0 unspecified atom stereocenters. The molecule has 0 aliphatic rings. The molecule has 29 heavy (non-hydrogen) atoms. The number of hydrogen-bond donors (Lipinski definition) is 2. The van der Waals surface area contributed by atoms with Crippen LogP contribution in [-0.2, 0) is 9.53 Å². The highest BCUT2D eigenvalue weighted by Gasteiger charge is 2.23. The zero-order chi connectivity index (χ0) is 21.7. The molecule has 0 saturated heterocycles. The lowest BCUT2D eigenvalue weighted by Crippen LogP contribution is -2.36. The van der Waals surface area contributed by atoms with E-state index in [9.17, 15) is 14.7 Å². The van der Waals surface area contributed by atoms with E-state index in [2.05, 4.69) is 0 Å². The fourth-order valence-corrected chi connectivity index (χ4v) is 3.13. The molecule has 0 spiro atoms. The van der Waals surface area contributed by atoms with Gasteiger partial charge in [0.15, 0.2) is 5.75 Å². The molecule has 0 radical (unpaired) electrons. The fraction of sp³-hybridized carbons (Fsp3) is 0.300. The standard InChI is InChI=1S/C20H21Cl2NO6/c1-4-28-20(27)23(10-18(25)26)12-7-15(21)19(16(22)8-12)29-13-5-6-17(24)14(9-13)11(2)3/h5-9,11,24H,4,10H2,1-3H3,(H,25,26). The van der Waals surface area contributed by atoms with Gasteiger partial charge in [0.2, 0.25) is 0 Å². The highest BCUT2D eigenvalue weighted by Crippen LogP contribution is 2.41. The molecule has 156 valence electrons. The number of ether oxygens (including phenoxy) is 2. The normalized spacial score (nSPS) is 10.7. The zero-order valence-electron chi connectivity index (χ0n) is 16.1. The number of anilines is 1. The minimum absolute atomic E-state index is 0.0704. The van der Waals surface area contributed by atoms with Crippen molar-refractivity contribution in [2.45, 2.75) is 26.7 Å². The van der Waals surface area contributed by atoms with Crippen molar-refractivity contribution in [2.24, 2.45) is 0 Å². The van der Waals surface area contributed by atoms with Crippen molar-refractivity contribution in [1.82, 2.24) is 0 Å². The van der Waals surface area contributed by atoms with Crippen molar-refractivity contribution in [1.29, 1.82) is 0 Å². The van der Waals surface area contributed by atoms with Crippen LogP contribution >= 0.6 is 23.2 Å². The number of amides is 1. The minimum Gasteiger partial charge on any atom is -0.508 e. The summed E-state index contributed by atoms with van der Waals surface area (Å²) in [6.45, 7) is 4.93. The summed E-state index contributed by atoms with van der Waals surface area (Å²) in [5.74, 6) is -0.456. The molecule has 0 atom stereocenters. The Balaban J connectivity index is 2.39. The lowest BCUT2D eigenvalue weighted by atomic mass is 10.0. The fourth-order valence-electron chi connectivity index (χ4n) is 2.57. The number of carboxylic acids is 1. The van der Waals surface area contributed by atoms with Gasteiger partial charge in [0.05, 0.1) is 22.3 Å². The second-order valence-corrected chi connectivity index (χ2v) is 7.21. The number of rotatable bonds is 7. The van der Waals surface area contributed by atoms with E-state index in [4.69, 9.17) is 37.8 Å². The summed E-state index contributed by atoms with van der Waals surface area (Å²) in [4.78, 5) is 24.1. The molecule has 0 saturated carbocycles. The van der Waals surface area contributed by atoms with Crippen LogP contribution in [0.15, 0.2) is 30.3 Å². The Morgan fingerprint density at radius 2 is 1.76 bits per heavy atom. The molecule has 2 rings (SSSR count). The Morgan fingerprint density at radius 1 is 1.14 bits per heavy atom. The van der Waals surface area contributed by atoms with Crippen LogP contribution in [0.5, 0.6) is 17.2 Å². The van der Waals surface area contributed by atoms with Crippen molar-refractivity contribution in [3.63, 3.8) is 0 Å². The molecule has 7 nitrogen and oxygen atoms in total. The monoisotopic (exact) mass is 441 g/mol. The number of aromatic hydroxyl groups is 1. The highest BCUT2D eigenvalue weighted by molar-refractivity contribution is 6.37. The van der Waals surface area contributed by atoms with Gasteiger partial charge in [-0.2, -0.15) is 0 Å². The van der Waals surface area contributed by atoms with Crippen LogP contribution in [0.2, 0.25) is 10.0 Å². The number of aliphatic carboxylic acids is 1. The Hall–Kier alpha value is -2.64. The molecular formula is C20H21Cl2NO6. The first-order valence-corrected chi connectivity index (χ1v) is 9.55. The average molecular weight is 442 g/mol. The lowest BCUT2D eigenvalue weighted by Gasteiger charge is -2.21. The molecule has 0 aromatic heterocycles. The van der Waals surface area contributed by atoms with E-state index in [1.165, 1.54) is 18.2 Å². The first-order valence-electron chi connectivity index (χ1n) is 8.79. The molecule has 0 aliphatic heterocycles. The van der Waals surface area contributed by atoms with E-state index < -0.39 is 18.6 Å². The number of halogens is 2. The Morgan fingerprint density at radius 3 is 2.28 bits per heavy atom. The van der Waals surface area contributed by atoms with Crippen molar-refractivity contribution in [2.75, 3.05) is 18.1 Å². The molecule has 0 fully saturated rings. The van der Waals surface area contributed by atoms with E-state index in [0.29, 0.717) is 11.3 Å². The molecule has 0 aliphatic carbocycles. The van der Waals surface area contributed by atoms with Crippen molar-refractivity contribution in [3.05, 3.63) is 45.9 Å². The van der Waals surface area contributed by atoms with Crippen LogP contribution in [0.4, 0.5) is 10.5 Å². The van der Waals surface area contributed by atoms with Gasteiger partial charge in [-0.05, 0) is 43.2 Å². The number of phenolic OH excluding ortho intramolecular Hbond substituents is 1. The van der Waals surface area contributed by atoms with Crippen LogP contribution in [0, 0.1) is 0 Å². The number of phenols is 1. The van der Waals surface area contributed by atoms with Gasteiger partial charge in [-0.15, -0.1) is 0 Å². The predicted octanol–water partition coefficient (Wildman–Crippen LogP) is 5.66. The third-order valence-corrected chi connectivity index (χ3v) is 4.48. The molecule has 2 N–H and O–H groups in total. The SMILES string of the molecule is CCOC(=O)N(CC(=O)O)c1cc(Cl)c(Oc2ccc(O)c(C(C)C)c2)c(Cl)c1. The first-order chi connectivity index (χ1) is 13.6. The molecular weight excluding hydrogens is 421 g/mol. The Labute approximate surface area is 178 Å². The maximum atomic E-state index is 12.1. The first kappa shape index (κ1) is 22.6. The minimum atomic E-state index is -1.23. The molecule has 0 heterocycles. The van der Waals surface area contributed by atoms with Gasteiger partial charge in [0, 0.05) is 5.56 Å². The van der Waals surface area contributed by atoms with Crippen molar-refractivity contribution >= 4 is 41.0 Å². The predicted molar refractivity (Wildman–Crippen MR) is 111 cm³/mol.